The summed E-state index contributed by atoms with van der Waals surface area (Å²) in [6.45, 7) is 0. The van der Waals surface area contributed by atoms with Gasteiger partial charge < -0.3 is 4.52 Å². The maximum Gasteiger partial charge on any atom is 0.230 e. The van der Waals surface area contributed by atoms with Gasteiger partial charge in [0.25, 0.3) is 0 Å². The highest BCUT2D eigenvalue weighted by atomic mass is 16.5. The predicted molar refractivity (Wildman–Crippen MR) is 60.9 cm³/mol. The van der Waals surface area contributed by atoms with Crippen molar-refractivity contribution in [2.45, 2.75) is 31.6 Å². The highest BCUT2D eigenvalue weighted by Gasteiger charge is 2.23. The minimum atomic E-state index is 0.491. The third kappa shape index (κ3) is 1.73. The van der Waals surface area contributed by atoms with Gasteiger partial charge in [-0.05, 0) is 12.8 Å². The van der Waals surface area contributed by atoms with Gasteiger partial charge >= 0.3 is 0 Å². The van der Waals surface area contributed by atoms with E-state index in [1.165, 1.54) is 25.7 Å². The quantitative estimate of drug-likeness (QED) is 0.769. The zero-order chi connectivity index (χ0) is 10.8. The lowest BCUT2D eigenvalue weighted by atomic mass is 10.1. The number of benzene rings is 1. The lowest BCUT2D eigenvalue weighted by molar-refractivity contribution is 0.354. The van der Waals surface area contributed by atoms with Gasteiger partial charge in [-0.15, -0.1) is 0 Å². The molecule has 16 heavy (non-hydrogen) atoms. The predicted octanol–water partition coefficient (Wildman–Crippen LogP) is 3.39. The molecule has 0 amide bonds. The fourth-order valence-corrected chi connectivity index (χ4v) is 2.28. The summed E-state index contributed by atoms with van der Waals surface area (Å²) in [6, 6.07) is 9.97. The molecule has 0 radical (unpaired) electrons. The Hall–Kier alpha value is -1.64. The Bertz CT molecular complexity index is 458. The van der Waals surface area contributed by atoms with E-state index in [1.807, 2.05) is 30.3 Å². The van der Waals surface area contributed by atoms with Crippen molar-refractivity contribution in [3.63, 3.8) is 0 Å². The topological polar surface area (TPSA) is 38.9 Å². The van der Waals surface area contributed by atoms with Crippen molar-refractivity contribution in [3.8, 4) is 11.4 Å². The normalized spacial score (nSPS) is 16.8. The van der Waals surface area contributed by atoms with Crippen LogP contribution < -0.4 is 0 Å². The molecule has 1 aliphatic rings. The first-order valence-electron chi connectivity index (χ1n) is 5.82. The molecule has 3 nitrogen and oxygen atoms in total. The lowest BCUT2D eigenvalue weighted by Crippen LogP contribution is -1.91. The third-order valence-electron chi connectivity index (χ3n) is 3.18. The largest absolute Gasteiger partial charge is 0.339 e. The van der Waals surface area contributed by atoms with Crippen molar-refractivity contribution in [1.29, 1.82) is 0 Å². The summed E-state index contributed by atoms with van der Waals surface area (Å²) in [5.41, 5.74) is 1.02. The molecule has 0 bridgehead atoms. The average Bonchev–Trinajstić information content (AvgIpc) is 3.01. The second kappa shape index (κ2) is 4.08. The zero-order valence-electron chi connectivity index (χ0n) is 9.10. The van der Waals surface area contributed by atoms with Crippen molar-refractivity contribution in [2.75, 3.05) is 0 Å². The molecular weight excluding hydrogens is 200 g/mol. The Balaban J connectivity index is 1.87. The molecule has 1 aromatic heterocycles. The monoisotopic (exact) mass is 214 g/mol. The van der Waals surface area contributed by atoms with Gasteiger partial charge in [0.15, 0.2) is 0 Å². The Labute approximate surface area is 94.5 Å². The van der Waals surface area contributed by atoms with Gasteiger partial charge in [0.05, 0.1) is 0 Å². The molecule has 3 heteroatoms. The van der Waals surface area contributed by atoms with Crippen molar-refractivity contribution < 1.29 is 4.52 Å². The Morgan fingerprint density at radius 2 is 1.81 bits per heavy atom. The first kappa shape index (κ1) is 9.58. The van der Waals surface area contributed by atoms with E-state index in [1.54, 1.807) is 0 Å². The molecule has 3 rings (SSSR count). The van der Waals surface area contributed by atoms with Crippen LogP contribution in [0, 0.1) is 0 Å². The molecule has 0 atom stereocenters. The smallest absolute Gasteiger partial charge is 0.230 e. The summed E-state index contributed by atoms with van der Waals surface area (Å²) in [5.74, 6) is 2.02. The molecule has 1 aromatic carbocycles. The lowest BCUT2D eigenvalue weighted by Gasteiger charge is -1.99. The van der Waals surface area contributed by atoms with Crippen molar-refractivity contribution in [1.82, 2.24) is 10.1 Å². The van der Waals surface area contributed by atoms with Crippen LogP contribution in [0.5, 0.6) is 0 Å². The van der Waals surface area contributed by atoms with Gasteiger partial charge in [0, 0.05) is 11.5 Å². The van der Waals surface area contributed by atoms with E-state index < -0.39 is 0 Å². The van der Waals surface area contributed by atoms with Gasteiger partial charge in [-0.25, -0.2) is 0 Å². The van der Waals surface area contributed by atoms with Crippen LogP contribution in [-0.2, 0) is 0 Å². The van der Waals surface area contributed by atoms with E-state index in [4.69, 9.17) is 4.52 Å². The second-order valence-electron chi connectivity index (χ2n) is 4.30. The van der Waals surface area contributed by atoms with Crippen LogP contribution >= 0.6 is 0 Å². The fourth-order valence-electron chi connectivity index (χ4n) is 2.28. The summed E-state index contributed by atoms with van der Waals surface area (Å²) in [4.78, 5) is 4.48. The maximum absolute atomic E-state index is 5.34. The van der Waals surface area contributed by atoms with Crippen LogP contribution in [0.4, 0.5) is 0 Å². The van der Waals surface area contributed by atoms with Gasteiger partial charge in [-0.3, -0.25) is 0 Å². The minimum Gasteiger partial charge on any atom is -0.339 e. The van der Waals surface area contributed by atoms with Crippen molar-refractivity contribution in [3.05, 3.63) is 36.2 Å². The molecule has 1 fully saturated rings. The third-order valence-corrected chi connectivity index (χ3v) is 3.18. The van der Waals surface area contributed by atoms with E-state index in [9.17, 15) is 0 Å². The Morgan fingerprint density at radius 3 is 2.56 bits per heavy atom. The van der Waals surface area contributed by atoms with E-state index >= 15 is 0 Å². The van der Waals surface area contributed by atoms with Crippen LogP contribution in [0.2, 0.25) is 0 Å². The SMILES string of the molecule is c1ccc(-c2noc(C3CCCC3)n2)cc1. The Morgan fingerprint density at radius 1 is 1.06 bits per heavy atom. The second-order valence-corrected chi connectivity index (χ2v) is 4.30. The molecule has 1 aliphatic carbocycles. The molecular formula is C13H14N2O. The van der Waals surface area contributed by atoms with Gasteiger partial charge in [-0.2, -0.15) is 4.98 Å². The minimum absolute atomic E-state index is 0.491. The average molecular weight is 214 g/mol. The highest BCUT2D eigenvalue weighted by Crippen LogP contribution is 2.33. The highest BCUT2D eigenvalue weighted by molar-refractivity contribution is 5.53. The summed E-state index contributed by atoms with van der Waals surface area (Å²) in [7, 11) is 0. The summed E-state index contributed by atoms with van der Waals surface area (Å²) in [6.07, 6.45) is 4.95. The van der Waals surface area contributed by atoms with Crippen molar-refractivity contribution >= 4 is 0 Å². The number of hydrogen-bond donors (Lipinski definition) is 0. The standard InChI is InChI=1S/C13H14N2O/c1-2-6-10(7-3-1)12-14-13(16-15-12)11-8-4-5-9-11/h1-3,6-7,11H,4-5,8-9H2. The molecule has 1 saturated carbocycles. The van der Waals surface area contributed by atoms with Crippen molar-refractivity contribution in [2.24, 2.45) is 0 Å². The molecule has 0 unspecified atom stereocenters. The van der Waals surface area contributed by atoms with E-state index in [2.05, 4.69) is 10.1 Å². The maximum atomic E-state index is 5.34. The molecule has 1 heterocycles. The molecule has 0 N–H and O–H groups in total. The van der Waals surface area contributed by atoms with E-state index in [-0.39, 0.29) is 0 Å². The Kier molecular flexibility index (Phi) is 2.44. The molecule has 0 spiro atoms. The summed E-state index contributed by atoms with van der Waals surface area (Å²) >= 11 is 0. The number of rotatable bonds is 2. The van der Waals surface area contributed by atoms with Gasteiger partial charge in [0.1, 0.15) is 0 Å². The summed E-state index contributed by atoms with van der Waals surface area (Å²) in [5, 5.41) is 4.04. The van der Waals surface area contributed by atoms with Crippen LogP contribution in [0.15, 0.2) is 34.9 Å². The van der Waals surface area contributed by atoms with E-state index in [0.29, 0.717) is 11.7 Å². The van der Waals surface area contributed by atoms with Crippen LogP contribution in [0.3, 0.4) is 0 Å². The zero-order valence-corrected chi connectivity index (χ0v) is 9.10. The number of nitrogens with zero attached hydrogens (tertiary/aromatic N) is 2. The van der Waals surface area contributed by atoms with E-state index in [0.717, 1.165) is 11.5 Å². The number of aromatic nitrogens is 2. The van der Waals surface area contributed by atoms with Gasteiger partial charge in [0.2, 0.25) is 11.7 Å². The number of hydrogen-bond acceptors (Lipinski definition) is 3. The summed E-state index contributed by atoms with van der Waals surface area (Å²) < 4.78 is 5.34. The fraction of sp³-hybridized carbons (Fsp3) is 0.385. The van der Waals surface area contributed by atoms with Gasteiger partial charge in [-0.1, -0.05) is 48.3 Å². The molecule has 0 aliphatic heterocycles. The molecule has 0 saturated heterocycles. The molecule has 2 aromatic rings. The molecule has 82 valence electrons. The van der Waals surface area contributed by atoms with Crippen LogP contribution in [-0.4, -0.2) is 10.1 Å². The van der Waals surface area contributed by atoms with Crippen LogP contribution in [0.1, 0.15) is 37.5 Å². The first-order valence-corrected chi connectivity index (χ1v) is 5.82. The van der Waals surface area contributed by atoms with Crippen LogP contribution in [0.25, 0.3) is 11.4 Å². The first-order chi connectivity index (χ1) is 7.93.